The molecule has 0 spiro atoms. The van der Waals surface area contributed by atoms with E-state index in [4.69, 9.17) is 0 Å². The van der Waals surface area contributed by atoms with E-state index in [2.05, 4.69) is 24.0 Å². The zero-order valence-electron chi connectivity index (χ0n) is 9.12. The maximum absolute atomic E-state index is 4.56. The summed E-state index contributed by atoms with van der Waals surface area (Å²) in [5.74, 6) is 0. The predicted molar refractivity (Wildman–Crippen MR) is 62.7 cm³/mol. The normalized spacial score (nSPS) is 13.1. The second-order valence-corrected chi connectivity index (χ2v) is 3.21. The van der Waals surface area contributed by atoms with Gasteiger partial charge in [0.1, 0.15) is 0 Å². The number of hydrogen-bond donors (Lipinski definition) is 0. The predicted octanol–water partition coefficient (Wildman–Crippen LogP) is 3.81. The van der Waals surface area contributed by atoms with Crippen molar-refractivity contribution < 1.29 is 0 Å². The maximum Gasteiger partial charge on any atom is 0.0476 e. The van der Waals surface area contributed by atoms with Crippen molar-refractivity contribution in [2.45, 2.75) is 27.2 Å². The lowest BCUT2D eigenvalue weighted by Gasteiger charge is -2.03. The largest absolute Gasteiger partial charge is 0.258 e. The second-order valence-electron chi connectivity index (χ2n) is 3.21. The Morgan fingerprint density at radius 3 is 2.43 bits per heavy atom. The Kier molecular flexibility index (Phi) is 4.11. The molecule has 0 unspecified atom stereocenters. The van der Waals surface area contributed by atoms with Gasteiger partial charge in [-0.1, -0.05) is 43.3 Å². The smallest absolute Gasteiger partial charge is 0.0476 e. The summed E-state index contributed by atoms with van der Waals surface area (Å²) < 4.78 is 0. The van der Waals surface area contributed by atoms with E-state index in [9.17, 15) is 0 Å². The standard InChI is InChI=1S/C13H17N/c1-4-11(3)14-13(5-2)12-9-7-6-8-10-12/h4,6-10H,5H2,1-3H3/b11-4-,14-13+. The van der Waals surface area contributed by atoms with Gasteiger partial charge >= 0.3 is 0 Å². The lowest BCUT2D eigenvalue weighted by Crippen LogP contribution is -1.98. The van der Waals surface area contributed by atoms with Crippen LogP contribution >= 0.6 is 0 Å². The number of aliphatic imine (C=N–C) groups is 1. The molecule has 0 aliphatic rings. The van der Waals surface area contributed by atoms with Gasteiger partial charge in [0.15, 0.2) is 0 Å². The molecule has 0 radical (unpaired) electrons. The fourth-order valence-corrected chi connectivity index (χ4v) is 1.26. The van der Waals surface area contributed by atoms with E-state index >= 15 is 0 Å². The summed E-state index contributed by atoms with van der Waals surface area (Å²) in [7, 11) is 0. The second kappa shape index (κ2) is 5.38. The highest BCUT2D eigenvalue weighted by molar-refractivity contribution is 6.00. The molecule has 0 fully saturated rings. The molecule has 1 rings (SSSR count). The van der Waals surface area contributed by atoms with Crippen molar-refractivity contribution in [3.63, 3.8) is 0 Å². The van der Waals surface area contributed by atoms with Crippen LogP contribution in [-0.4, -0.2) is 5.71 Å². The molecule has 0 N–H and O–H groups in total. The fraction of sp³-hybridized carbons (Fsp3) is 0.308. The van der Waals surface area contributed by atoms with Gasteiger partial charge in [0.05, 0.1) is 0 Å². The molecule has 0 atom stereocenters. The first-order chi connectivity index (χ1) is 6.77. The number of benzene rings is 1. The van der Waals surface area contributed by atoms with Crippen LogP contribution in [0.5, 0.6) is 0 Å². The Hall–Kier alpha value is -1.37. The zero-order chi connectivity index (χ0) is 10.4. The number of rotatable bonds is 3. The van der Waals surface area contributed by atoms with E-state index in [1.54, 1.807) is 0 Å². The van der Waals surface area contributed by atoms with E-state index in [1.807, 2.05) is 38.1 Å². The molecule has 14 heavy (non-hydrogen) atoms. The topological polar surface area (TPSA) is 12.4 Å². The summed E-state index contributed by atoms with van der Waals surface area (Å²) in [4.78, 5) is 4.56. The van der Waals surface area contributed by atoms with Gasteiger partial charge in [-0.3, -0.25) is 4.99 Å². The van der Waals surface area contributed by atoms with Crippen LogP contribution in [0.1, 0.15) is 32.8 Å². The van der Waals surface area contributed by atoms with Crippen LogP contribution < -0.4 is 0 Å². The molecule has 1 aromatic rings. The molecular weight excluding hydrogens is 170 g/mol. The van der Waals surface area contributed by atoms with Gasteiger partial charge in [-0.2, -0.15) is 0 Å². The molecule has 0 aliphatic carbocycles. The summed E-state index contributed by atoms with van der Waals surface area (Å²) >= 11 is 0. The monoisotopic (exact) mass is 187 g/mol. The van der Waals surface area contributed by atoms with Gasteiger partial charge in [0, 0.05) is 11.4 Å². The highest BCUT2D eigenvalue weighted by atomic mass is 14.7. The molecule has 1 aromatic carbocycles. The average Bonchev–Trinajstić information content (AvgIpc) is 2.26. The highest BCUT2D eigenvalue weighted by Crippen LogP contribution is 2.07. The highest BCUT2D eigenvalue weighted by Gasteiger charge is 1.99. The minimum Gasteiger partial charge on any atom is -0.258 e. The molecule has 74 valence electrons. The first-order valence-corrected chi connectivity index (χ1v) is 5.03. The third-order valence-corrected chi connectivity index (χ3v) is 2.17. The molecule has 0 bridgehead atoms. The first-order valence-electron chi connectivity index (χ1n) is 5.03. The molecule has 1 nitrogen and oxygen atoms in total. The number of nitrogens with zero attached hydrogens (tertiary/aromatic N) is 1. The Labute approximate surface area is 86.2 Å². The molecule has 0 saturated carbocycles. The van der Waals surface area contributed by atoms with Crippen LogP contribution in [0.4, 0.5) is 0 Å². The van der Waals surface area contributed by atoms with Crippen LogP contribution in [0, 0.1) is 0 Å². The summed E-state index contributed by atoms with van der Waals surface area (Å²) in [6.45, 7) is 6.17. The summed E-state index contributed by atoms with van der Waals surface area (Å²) in [5, 5.41) is 0. The summed E-state index contributed by atoms with van der Waals surface area (Å²) in [6, 6.07) is 10.3. The van der Waals surface area contributed by atoms with Gasteiger partial charge in [-0.15, -0.1) is 0 Å². The molecule has 1 heteroatoms. The van der Waals surface area contributed by atoms with Crippen molar-refractivity contribution in [3.8, 4) is 0 Å². The first kappa shape index (κ1) is 10.7. The van der Waals surface area contributed by atoms with Gasteiger partial charge in [0.25, 0.3) is 0 Å². The van der Waals surface area contributed by atoms with Crippen LogP contribution in [-0.2, 0) is 0 Å². The Morgan fingerprint density at radius 2 is 1.93 bits per heavy atom. The maximum atomic E-state index is 4.56. The van der Waals surface area contributed by atoms with E-state index in [0.717, 1.165) is 17.8 Å². The van der Waals surface area contributed by atoms with Crippen molar-refractivity contribution in [2.24, 2.45) is 4.99 Å². The molecule has 0 saturated heterocycles. The molecule has 0 heterocycles. The third-order valence-electron chi connectivity index (χ3n) is 2.17. The van der Waals surface area contributed by atoms with E-state index in [-0.39, 0.29) is 0 Å². The molecule has 0 aliphatic heterocycles. The number of allylic oxidation sites excluding steroid dienone is 2. The van der Waals surface area contributed by atoms with Crippen LogP contribution in [0.2, 0.25) is 0 Å². The molecular formula is C13H17N. The van der Waals surface area contributed by atoms with Gasteiger partial charge in [-0.25, -0.2) is 0 Å². The Balaban J connectivity index is 2.99. The average molecular weight is 187 g/mol. The van der Waals surface area contributed by atoms with Crippen molar-refractivity contribution >= 4 is 5.71 Å². The lowest BCUT2D eigenvalue weighted by molar-refractivity contribution is 1.21. The Bertz CT molecular complexity index is 334. The van der Waals surface area contributed by atoms with Gasteiger partial charge < -0.3 is 0 Å². The summed E-state index contributed by atoms with van der Waals surface area (Å²) in [6.07, 6.45) is 2.99. The van der Waals surface area contributed by atoms with Crippen molar-refractivity contribution in [3.05, 3.63) is 47.7 Å². The molecule has 0 amide bonds. The number of hydrogen-bond acceptors (Lipinski definition) is 1. The minimum absolute atomic E-state index is 0.967. The van der Waals surface area contributed by atoms with Gasteiger partial charge in [-0.05, 0) is 25.8 Å². The summed E-state index contributed by atoms with van der Waals surface area (Å²) in [5.41, 5.74) is 3.45. The third kappa shape index (κ3) is 2.84. The van der Waals surface area contributed by atoms with Crippen molar-refractivity contribution in [1.82, 2.24) is 0 Å². The van der Waals surface area contributed by atoms with Gasteiger partial charge in [0.2, 0.25) is 0 Å². The lowest BCUT2D eigenvalue weighted by atomic mass is 10.1. The fourth-order valence-electron chi connectivity index (χ4n) is 1.26. The van der Waals surface area contributed by atoms with Crippen molar-refractivity contribution in [2.75, 3.05) is 0 Å². The Morgan fingerprint density at radius 1 is 1.29 bits per heavy atom. The SMILES string of the molecule is C/C=C(C)\N=C(/CC)c1ccccc1. The van der Waals surface area contributed by atoms with Crippen LogP contribution in [0.25, 0.3) is 0 Å². The van der Waals surface area contributed by atoms with Crippen LogP contribution in [0.3, 0.4) is 0 Å². The van der Waals surface area contributed by atoms with E-state index in [1.165, 1.54) is 5.56 Å². The van der Waals surface area contributed by atoms with Crippen LogP contribution in [0.15, 0.2) is 47.1 Å². The van der Waals surface area contributed by atoms with Crippen molar-refractivity contribution in [1.29, 1.82) is 0 Å². The van der Waals surface area contributed by atoms with E-state index in [0.29, 0.717) is 0 Å². The zero-order valence-corrected chi connectivity index (χ0v) is 9.12. The van der Waals surface area contributed by atoms with E-state index < -0.39 is 0 Å². The minimum atomic E-state index is 0.967. The quantitative estimate of drug-likeness (QED) is 0.638. The molecule has 0 aromatic heterocycles.